The third-order valence-electron chi connectivity index (χ3n) is 1.86. The Morgan fingerprint density at radius 1 is 1.36 bits per heavy atom. The van der Waals surface area contributed by atoms with Crippen LogP contribution in [0.4, 0.5) is 0 Å². The summed E-state index contributed by atoms with van der Waals surface area (Å²) >= 11 is 0. The Kier molecular flexibility index (Phi) is 5.91. The van der Waals surface area contributed by atoms with E-state index < -0.39 is 0 Å². The van der Waals surface area contributed by atoms with Gasteiger partial charge in [-0.05, 0) is 19.3 Å². The van der Waals surface area contributed by atoms with Gasteiger partial charge in [0.25, 0.3) is 0 Å². The van der Waals surface area contributed by atoms with Gasteiger partial charge in [0.05, 0.1) is 0 Å². The Bertz CT molecular complexity index is 138. The van der Waals surface area contributed by atoms with Crippen molar-refractivity contribution in [2.75, 3.05) is 0 Å². The first kappa shape index (κ1) is 10.5. The monoisotopic (exact) mass is 152 g/mol. The van der Waals surface area contributed by atoms with Gasteiger partial charge in [0.15, 0.2) is 0 Å². The molecule has 11 heavy (non-hydrogen) atoms. The van der Waals surface area contributed by atoms with E-state index in [2.05, 4.69) is 45.9 Å². The fraction of sp³-hybridized carbons (Fsp3) is 0.636. The van der Waals surface area contributed by atoms with E-state index in [-0.39, 0.29) is 0 Å². The molecule has 0 aromatic carbocycles. The molecular weight excluding hydrogens is 132 g/mol. The van der Waals surface area contributed by atoms with Gasteiger partial charge in [-0.1, -0.05) is 51.0 Å². The zero-order chi connectivity index (χ0) is 8.69. The fourth-order valence-corrected chi connectivity index (χ4v) is 0.675. The largest absolute Gasteiger partial charge is 0.0845 e. The van der Waals surface area contributed by atoms with Crippen molar-refractivity contribution < 1.29 is 0 Å². The second kappa shape index (κ2) is 6.21. The average Bonchev–Trinajstić information content (AvgIpc) is 1.97. The number of hydrogen-bond acceptors (Lipinski definition) is 0. The summed E-state index contributed by atoms with van der Waals surface area (Å²) in [6.45, 7) is 8.82. The third kappa shape index (κ3) is 5.90. The van der Waals surface area contributed by atoms with Crippen molar-refractivity contribution in [3.05, 3.63) is 23.8 Å². The van der Waals surface area contributed by atoms with Crippen LogP contribution in [0.3, 0.4) is 0 Å². The maximum atomic E-state index is 2.23. The van der Waals surface area contributed by atoms with Crippen molar-refractivity contribution >= 4 is 0 Å². The van der Waals surface area contributed by atoms with E-state index in [4.69, 9.17) is 0 Å². The van der Waals surface area contributed by atoms with E-state index in [0.29, 0.717) is 5.92 Å². The van der Waals surface area contributed by atoms with Gasteiger partial charge in [0.2, 0.25) is 0 Å². The van der Waals surface area contributed by atoms with Crippen molar-refractivity contribution in [3.63, 3.8) is 0 Å². The normalized spacial score (nSPS) is 13.4. The van der Waals surface area contributed by atoms with Crippen LogP contribution in [-0.2, 0) is 0 Å². The first-order valence-electron chi connectivity index (χ1n) is 4.51. The summed E-state index contributed by atoms with van der Waals surface area (Å²) in [6.07, 6.45) is 9.04. The SMILES string of the molecule is CCCC=CC=C(C)C(C)C. The van der Waals surface area contributed by atoms with E-state index in [0.717, 1.165) is 0 Å². The smallest absolute Gasteiger partial charge is 0.0260 e. The molecule has 0 heteroatoms. The maximum absolute atomic E-state index is 2.23. The topological polar surface area (TPSA) is 0 Å². The highest BCUT2D eigenvalue weighted by Gasteiger charge is 1.91. The van der Waals surface area contributed by atoms with Crippen LogP contribution in [0.15, 0.2) is 23.8 Å². The van der Waals surface area contributed by atoms with Crippen LogP contribution in [0.5, 0.6) is 0 Å². The zero-order valence-corrected chi connectivity index (χ0v) is 8.22. The van der Waals surface area contributed by atoms with Gasteiger partial charge in [0.1, 0.15) is 0 Å². The van der Waals surface area contributed by atoms with Crippen molar-refractivity contribution in [3.8, 4) is 0 Å². The van der Waals surface area contributed by atoms with Crippen molar-refractivity contribution in [1.29, 1.82) is 0 Å². The molecule has 0 aromatic rings. The molecule has 0 aromatic heterocycles. The molecule has 0 rings (SSSR count). The molecule has 0 spiro atoms. The van der Waals surface area contributed by atoms with Gasteiger partial charge in [-0.2, -0.15) is 0 Å². The van der Waals surface area contributed by atoms with E-state index in [9.17, 15) is 0 Å². The quantitative estimate of drug-likeness (QED) is 0.535. The molecule has 0 radical (unpaired) electrons. The molecule has 0 saturated carbocycles. The van der Waals surface area contributed by atoms with Gasteiger partial charge in [-0.3, -0.25) is 0 Å². The van der Waals surface area contributed by atoms with Crippen LogP contribution in [0.2, 0.25) is 0 Å². The third-order valence-corrected chi connectivity index (χ3v) is 1.86. The summed E-state index contributed by atoms with van der Waals surface area (Å²) in [7, 11) is 0. The summed E-state index contributed by atoms with van der Waals surface area (Å²) in [4.78, 5) is 0. The van der Waals surface area contributed by atoms with Crippen molar-refractivity contribution in [2.45, 2.75) is 40.5 Å². The lowest BCUT2D eigenvalue weighted by atomic mass is 10.1. The summed E-state index contributed by atoms with van der Waals surface area (Å²) in [5.74, 6) is 0.682. The first-order valence-corrected chi connectivity index (χ1v) is 4.51. The van der Waals surface area contributed by atoms with Crippen LogP contribution in [0, 0.1) is 5.92 Å². The Hall–Kier alpha value is -0.520. The molecule has 0 nitrogen and oxygen atoms in total. The summed E-state index contributed by atoms with van der Waals surface area (Å²) in [5, 5.41) is 0. The van der Waals surface area contributed by atoms with E-state index >= 15 is 0 Å². The van der Waals surface area contributed by atoms with Gasteiger partial charge in [-0.25, -0.2) is 0 Å². The molecule has 0 heterocycles. The molecule has 0 aliphatic rings. The van der Waals surface area contributed by atoms with Crippen molar-refractivity contribution in [1.82, 2.24) is 0 Å². The van der Waals surface area contributed by atoms with Crippen LogP contribution in [0.25, 0.3) is 0 Å². The Morgan fingerprint density at radius 3 is 2.45 bits per heavy atom. The Labute approximate surface area is 71.0 Å². The summed E-state index contributed by atoms with van der Waals surface area (Å²) in [6, 6.07) is 0. The van der Waals surface area contributed by atoms with Gasteiger partial charge in [0, 0.05) is 0 Å². The molecule has 64 valence electrons. The Balaban J connectivity index is 3.72. The number of unbranched alkanes of at least 4 members (excludes halogenated alkanes) is 1. The highest BCUT2D eigenvalue weighted by atomic mass is 14.0. The molecule has 0 aliphatic carbocycles. The highest BCUT2D eigenvalue weighted by Crippen LogP contribution is 2.07. The predicted octanol–water partition coefficient (Wildman–Crippen LogP) is 3.95. The van der Waals surface area contributed by atoms with Crippen LogP contribution in [0.1, 0.15) is 40.5 Å². The first-order chi connectivity index (χ1) is 5.18. The van der Waals surface area contributed by atoms with E-state index in [1.807, 2.05) is 0 Å². The predicted molar refractivity (Wildman–Crippen MR) is 52.6 cm³/mol. The van der Waals surface area contributed by atoms with Crippen molar-refractivity contribution in [2.24, 2.45) is 5.92 Å². The maximum Gasteiger partial charge on any atom is -0.0260 e. The minimum Gasteiger partial charge on any atom is -0.0845 e. The highest BCUT2D eigenvalue weighted by molar-refractivity contribution is 5.11. The van der Waals surface area contributed by atoms with E-state index in [1.54, 1.807) is 0 Å². The lowest BCUT2D eigenvalue weighted by Crippen LogP contribution is -1.86. The molecular formula is C11H20. The van der Waals surface area contributed by atoms with Crippen LogP contribution >= 0.6 is 0 Å². The minimum atomic E-state index is 0.682. The average molecular weight is 152 g/mol. The van der Waals surface area contributed by atoms with Gasteiger partial charge >= 0.3 is 0 Å². The van der Waals surface area contributed by atoms with Gasteiger partial charge in [-0.15, -0.1) is 0 Å². The van der Waals surface area contributed by atoms with Gasteiger partial charge < -0.3 is 0 Å². The molecule has 0 unspecified atom stereocenters. The molecule has 0 amide bonds. The minimum absolute atomic E-state index is 0.682. The number of allylic oxidation sites excluding steroid dienone is 4. The molecule has 0 saturated heterocycles. The lowest BCUT2D eigenvalue weighted by Gasteiger charge is -2.01. The fourth-order valence-electron chi connectivity index (χ4n) is 0.675. The summed E-state index contributed by atoms with van der Waals surface area (Å²) in [5.41, 5.74) is 1.46. The lowest BCUT2D eigenvalue weighted by molar-refractivity contribution is 0.769. The summed E-state index contributed by atoms with van der Waals surface area (Å²) < 4.78 is 0. The zero-order valence-electron chi connectivity index (χ0n) is 8.22. The molecule has 0 atom stereocenters. The standard InChI is InChI=1S/C11H20/c1-5-6-7-8-9-11(4)10(2)3/h7-10H,5-6H2,1-4H3. The molecule has 0 N–H and O–H groups in total. The number of hydrogen-bond donors (Lipinski definition) is 0. The molecule has 0 fully saturated rings. The second-order valence-corrected chi connectivity index (χ2v) is 3.28. The molecule has 0 aliphatic heterocycles. The number of rotatable bonds is 4. The van der Waals surface area contributed by atoms with Crippen LogP contribution < -0.4 is 0 Å². The second-order valence-electron chi connectivity index (χ2n) is 3.28. The van der Waals surface area contributed by atoms with E-state index in [1.165, 1.54) is 18.4 Å². The Morgan fingerprint density at radius 2 is 2.00 bits per heavy atom. The van der Waals surface area contributed by atoms with Crippen LogP contribution in [-0.4, -0.2) is 0 Å². The molecule has 0 bridgehead atoms.